The smallest absolute Gasteiger partial charge is 0.244 e. The fourth-order valence-corrected chi connectivity index (χ4v) is 8.44. The van der Waals surface area contributed by atoms with E-state index >= 15 is 0 Å². The van der Waals surface area contributed by atoms with Crippen molar-refractivity contribution >= 4 is 67.3 Å². The number of carbonyl (C=O) groups is 1. The van der Waals surface area contributed by atoms with E-state index in [1.807, 2.05) is 23.6 Å². The summed E-state index contributed by atoms with van der Waals surface area (Å²) >= 11 is 18.5. The fourth-order valence-electron chi connectivity index (χ4n) is 6.30. The number of imidazole rings is 1. The van der Waals surface area contributed by atoms with Crippen molar-refractivity contribution in [2.75, 3.05) is 49.5 Å². The first-order valence-electron chi connectivity index (χ1n) is 13.6. The van der Waals surface area contributed by atoms with Gasteiger partial charge in [-0.05, 0) is 61.9 Å². The second-order valence-electron chi connectivity index (χ2n) is 11.2. The number of benzene rings is 2. The minimum Gasteiger partial charge on any atom is -0.322 e. The molecule has 3 atom stereocenters. The predicted octanol–water partition coefficient (Wildman–Crippen LogP) is 4.85. The molecule has 12 heteroatoms. The number of likely N-dealkylation sites (tertiary alicyclic amines) is 1. The van der Waals surface area contributed by atoms with Crippen LogP contribution in [0.3, 0.4) is 0 Å². The summed E-state index contributed by atoms with van der Waals surface area (Å²) in [4.78, 5) is 22.8. The lowest BCUT2D eigenvalue weighted by molar-refractivity contribution is -0.116. The number of amides is 1. The largest absolute Gasteiger partial charge is 0.322 e. The standard InChI is InChI=1S/C28H32Cl3N5O3S/c1-17-32-27-21(22-11-18(22)14-34-6-5-20(15-34)35-7-9-40(38,39)10-8-35)3-2-4-25(27)36(17)16-26(37)33-28-23(30)12-19(29)13-24(28)31/h2-4,12-13,18,20,22H,5-11,14-16H2,1H3,(H,33,37)/t18-,20+,22-/m1/s1. The van der Waals surface area contributed by atoms with Crippen LogP contribution in [0.15, 0.2) is 30.3 Å². The van der Waals surface area contributed by atoms with E-state index in [0.717, 1.165) is 49.3 Å². The summed E-state index contributed by atoms with van der Waals surface area (Å²) in [7, 11) is -2.85. The van der Waals surface area contributed by atoms with Crippen molar-refractivity contribution in [3.63, 3.8) is 0 Å². The zero-order valence-corrected chi connectivity index (χ0v) is 25.3. The Bertz CT molecular complexity index is 1540. The van der Waals surface area contributed by atoms with Crippen LogP contribution in [-0.4, -0.2) is 83.9 Å². The van der Waals surface area contributed by atoms with Crippen molar-refractivity contribution in [3.05, 3.63) is 56.8 Å². The number of sulfone groups is 1. The molecule has 8 nitrogen and oxygen atoms in total. The van der Waals surface area contributed by atoms with Crippen LogP contribution in [-0.2, 0) is 21.2 Å². The lowest BCUT2D eigenvalue weighted by Gasteiger charge is -2.32. The van der Waals surface area contributed by atoms with E-state index in [2.05, 4.69) is 21.2 Å². The van der Waals surface area contributed by atoms with E-state index in [-0.39, 0.29) is 34.0 Å². The summed E-state index contributed by atoms with van der Waals surface area (Å²) in [6.45, 7) is 6.45. The Balaban J connectivity index is 1.10. The van der Waals surface area contributed by atoms with E-state index in [1.165, 1.54) is 5.56 Å². The molecular weight excluding hydrogens is 593 g/mol. The summed E-state index contributed by atoms with van der Waals surface area (Å²) in [5.74, 6) is 2.12. The summed E-state index contributed by atoms with van der Waals surface area (Å²) in [5.41, 5.74) is 3.48. The molecule has 2 aromatic carbocycles. The van der Waals surface area contributed by atoms with Crippen molar-refractivity contribution < 1.29 is 13.2 Å². The number of anilines is 1. The van der Waals surface area contributed by atoms with E-state index in [1.54, 1.807) is 12.1 Å². The maximum Gasteiger partial charge on any atom is 0.244 e. The Morgan fingerprint density at radius 3 is 2.55 bits per heavy atom. The summed E-state index contributed by atoms with van der Waals surface area (Å²) in [5, 5.41) is 3.79. The van der Waals surface area contributed by atoms with Gasteiger partial charge in [0.2, 0.25) is 5.91 Å². The third-order valence-electron chi connectivity index (χ3n) is 8.53. The predicted molar refractivity (Wildman–Crippen MR) is 160 cm³/mol. The average Bonchev–Trinajstić information content (AvgIpc) is 3.35. The van der Waals surface area contributed by atoms with Crippen LogP contribution in [0.1, 0.15) is 30.1 Å². The molecule has 0 spiro atoms. The first kappa shape index (κ1) is 28.2. The number of fused-ring (bicyclic) bond motifs is 1. The van der Waals surface area contributed by atoms with Crippen molar-refractivity contribution in [1.29, 1.82) is 0 Å². The number of hydrogen-bond donors (Lipinski definition) is 1. The lowest BCUT2D eigenvalue weighted by Crippen LogP contribution is -2.47. The fraction of sp³-hybridized carbons (Fsp3) is 0.500. The molecular formula is C28H32Cl3N5O3S. The molecule has 3 heterocycles. The van der Waals surface area contributed by atoms with Gasteiger partial charge < -0.3 is 14.8 Å². The number of aromatic nitrogens is 2. The molecule has 6 rings (SSSR count). The number of para-hydroxylation sites is 1. The molecule has 3 fully saturated rings. The van der Waals surface area contributed by atoms with Gasteiger partial charge in [-0.1, -0.05) is 46.9 Å². The topological polar surface area (TPSA) is 87.5 Å². The number of nitrogens with zero attached hydrogens (tertiary/aromatic N) is 4. The maximum absolute atomic E-state index is 13.0. The van der Waals surface area contributed by atoms with Crippen molar-refractivity contribution in [2.24, 2.45) is 5.92 Å². The van der Waals surface area contributed by atoms with Gasteiger partial charge in [-0.25, -0.2) is 13.4 Å². The van der Waals surface area contributed by atoms with Gasteiger partial charge in [0, 0.05) is 37.2 Å². The summed E-state index contributed by atoms with van der Waals surface area (Å²) in [6.07, 6.45) is 2.23. The van der Waals surface area contributed by atoms with Crippen LogP contribution in [0.4, 0.5) is 5.69 Å². The minimum atomic E-state index is -2.85. The average molecular weight is 625 g/mol. The number of carbonyl (C=O) groups excluding carboxylic acids is 1. The van der Waals surface area contributed by atoms with Crippen LogP contribution >= 0.6 is 34.8 Å². The van der Waals surface area contributed by atoms with Crippen LogP contribution in [0, 0.1) is 12.8 Å². The van der Waals surface area contributed by atoms with Gasteiger partial charge in [0.05, 0.1) is 38.3 Å². The molecule has 3 aliphatic rings. The van der Waals surface area contributed by atoms with Gasteiger partial charge >= 0.3 is 0 Å². The molecule has 0 unspecified atom stereocenters. The number of nitrogens with one attached hydrogen (secondary N) is 1. The Morgan fingerprint density at radius 2 is 1.82 bits per heavy atom. The van der Waals surface area contributed by atoms with E-state index in [0.29, 0.717) is 41.7 Å². The molecule has 1 aromatic heterocycles. The molecule has 40 heavy (non-hydrogen) atoms. The summed E-state index contributed by atoms with van der Waals surface area (Å²) in [6, 6.07) is 9.77. The van der Waals surface area contributed by atoms with Gasteiger partial charge in [-0.3, -0.25) is 9.69 Å². The first-order valence-corrected chi connectivity index (χ1v) is 16.6. The molecule has 0 radical (unpaired) electrons. The van der Waals surface area contributed by atoms with Gasteiger partial charge in [-0.2, -0.15) is 0 Å². The first-order chi connectivity index (χ1) is 19.1. The van der Waals surface area contributed by atoms with E-state index in [9.17, 15) is 13.2 Å². The second kappa shape index (κ2) is 11.1. The molecule has 214 valence electrons. The lowest BCUT2D eigenvalue weighted by atomic mass is 10.1. The zero-order chi connectivity index (χ0) is 28.2. The molecule has 2 saturated heterocycles. The van der Waals surface area contributed by atoms with Gasteiger partial charge in [0.15, 0.2) is 9.84 Å². The molecule has 1 aliphatic carbocycles. The Morgan fingerprint density at radius 1 is 1.10 bits per heavy atom. The SMILES string of the molecule is Cc1nc2c([C@@H]3C[C@@H]3CN3CC[C@H](N4CCS(=O)(=O)CC4)C3)cccc2n1CC(=O)Nc1c(Cl)cc(Cl)cc1Cl. The molecule has 1 amide bonds. The number of aryl methyl sites for hydroxylation is 1. The Hall–Kier alpha value is -1.88. The monoisotopic (exact) mass is 623 g/mol. The van der Waals surface area contributed by atoms with E-state index in [4.69, 9.17) is 39.8 Å². The highest BCUT2D eigenvalue weighted by Gasteiger charge is 2.42. The number of hydrogen-bond acceptors (Lipinski definition) is 6. The highest BCUT2D eigenvalue weighted by atomic mass is 35.5. The zero-order valence-electron chi connectivity index (χ0n) is 22.2. The van der Waals surface area contributed by atoms with Crippen LogP contribution in [0.5, 0.6) is 0 Å². The maximum atomic E-state index is 13.0. The molecule has 2 aliphatic heterocycles. The van der Waals surface area contributed by atoms with Crippen LogP contribution in [0.2, 0.25) is 15.1 Å². The highest BCUT2D eigenvalue weighted by Crippen LogP contribution is 2.50. The normalized spacial score (nSPS) is 24.9. The third-order valence-corrected chi connectivity index (χ3v) is 11.0. The molecule has 0 bridgehead atoms. The van der Waals surface area contributed by atoms with Crippen molar-refractivity contribution in [1.82, 2.24) is 19.4 Å². The molecule has 1 saturated carbocycles. The minimum absolute atomic E-state index is 0.0854. The quantitative estimate of drug-likeness (QED) is 0.405. The Labute approximate surface area is 249 Å². The van der Waals surface area contributed by atoms with Crippen LogP contribution < -0.4 is 5.32 Å². The Kier molecular flexibility index (Phi) is 7.82. The van der Waals surface area contributed by atoms with Gasteiger partial charge in [0.1, 0.15) is 12.4 Å². The highest BCUT2D eigenvalue weighted by molar-refractivity contribution is 7.91. The second-order valence-corrected chi connectivity index (χ2v) is 14.8. The van der Waals surface area contributed by atoms with Crippen molar-refractivity contribution in [2.45, 2.75) is 38.3 Å². The van der Waals surface area contributed by atoms with Crippen LogP contribution in [0.25, 0.3) is 11.0 Å². The molecule has 1 N–H and O–H groups in total. The molecule has 3 aromatic rings. The van der Waals surface area contributed by atoms with Crippen molar-refractivity contribution in [3.8, 4) is 0 Å². The van der Waals surface area contributed by atoms with E-state index < -0.39 is 9.84 Å². The summed E-state index contributed by atoms with van der Waals surface area (Å²) < 4.78 is 25.5. The number of halogens is 3. The number of rotatable bonds is 7. The van der Waals surface area contributed by atoms with Gasteiger partial charge in [0.25, 0.3) is 0 Å². The third kappa shape index (κ3) is 5.87. The van der Waals surface area contributed by atoms with Gasteiger partial charge in [-0.15, -0.1) is 0 Å².